The molecule has 1 fully saturated rings. The van der Waals surface area contributed by atoms with Crippen LogP contribution in [0.5, 0.6) is 0 Å². The Hall–Kier alpha value is -2.78. The fourth-order valence-corrected chi connectivity index (χ4v) is 5.53. The number of rotatable bonds is 5. The van der Waals surface area contributed by atoms with Crippen LogP contribution in [0.15, 0.2) is 47.4 Å². The number of hydrogen-bond acceptors (Lipinski definition) is 5. The van der Waals surface area contributed by atoms with Crippen LogP contribution < -0.4 is 0 Å². The topological polar surface area (TPSA) is 88.4 Å². The van der Waals surface area contributed by atoms with Crippen molar-refractivity contribution in [2.75, 3.05) is 26.2 Å². The molecule has 0 N–H and O–H groups in total. The second kappa shape index (κ2) is 8.39. The van der Waals surface area contributed by atoms with Crippen LogP contribution in [0, 0.1) is 13.8 Å². The molecule has 164 valence electrons. The second-order valence-corrected chi connectivity index (χ2v) is 9.94. The Kier molecular flexibility index (Phi) is 5.81. The van der Waals surface area contributed by atoms with Crippen LogP contribution in [-0.2, 0) is 14.8 Å². The van der Waals surface area contributed by atoms with E-state index in [4.69, 9.17) is 0 Å². The number of aryl methyl sites for hydroxylation is 2. The maximum absolute atomic E-state index is 13.1. The molecule has 4 rings (SSSR count). The summed E-state index contributed by atoms with van der Waals surface area (Å²) >= 11 is 0. The molecule has 31 heavy (non-hydrogen) atoms. The second-order valence-electron chi connectivity index (χ2n) is 8.00. The molecule has 0 bridgehead atoms. The summed E-state index contributed by atoms with van der Waals surface area (Å²) in [6.07, 6.45) is 0.307. The number of sulfonamides is 1. The number of amides is 1. The predicted octanol–water partition coefficient (Wildman–Crippen LogP) is 2.53. The van der Waals surface area contributed by atoms with Gasteiger partial charge < -0.3 is 4.90 Å². The molecule has 0 spiro atoms. The van der Waals surface area contributed by atoms with E-state index in [0.29, 0.717) is 25.3 Å². The van der Waals surface area contributed by atoms with E-state index >= 15 is 0 Å². The SMILES string of the molecule is Cc1nc(C)n([C@H](C)CC(=O)N2CCN(S(=O)(=O)c3ccc4ccccc4c3)CC2)n1. The van der Waals surface area contributed by atoms with Gasteiger partial charge in [-0.3, -0.25) is 4.79 Å². The maximum Gasteiger partial charge on any atom is 0.243 e. The summed E-state index contributed by atoms with van der Waals surface area (Å²) in [6, 6.07) is 12.8. The maximum atomic E-state index is 13.1. The Bertz CT molecular complexity index is 1210. The minimum Gasteiger partial charge on any atom is -0.340 e. The van der Waals surface area contributed by atoms with E-state index in [1.54, 1.807) is 21.7 Å². The Morgan fingerprint density at radius 1 is 1.03 bits per heavy atom. The van der Waals surface area contributed by atoms with E-state index in [0.717, 1.165) is 16.6 Å². The molecule has 8 nitrogen and oxygen atoms in total. The number of benzene rings is 2. The highest BCUT2D eigenvalue weighted by atomic mass is 32.2. The van der Waals surface area contributed by atoms with Gasteiger partial charge in [-0.1, -0.05) is 30.3 Å². The summed E-state index contributed by atoms with van der Waals surface area (Å²) in [5.41, 5.74) is 0. The zero-order valence-corrected chi connectivity index (χ0v) is 18.8. The van der Waals surface area contributed by atoms with Gasteiger partial charge in [0.25, 0.3) is 0 Å². The van der Waals surface area contributed by atoms with Crippen molar-refractivity contribution >= 4 is 26.7 Å². The van der Waals surface area contributed by atoms with Crippen molar-refractivity contribution in [3.8, 4) is 0 Å². The van der Waals surface area contributed by atoms with E-state index in [-0.39, 0.29) is 29.9 Å². The number of aromatic nitrogens is 3. The van der Waals surface area contributed by atoms with Crippen LogP contribution >= 0.6 is 0 Å². The number of carbonyl (C=O) groups is 1. The van der Waals surface area contributed by atoms with E-state index < -0.39 is 10.0 Å². The van der Waals surface area contributed by atoms with E-state index in [2.05, 4.69) is 10.1 Å². The fourth-order valence-electron chi connectivity index (χ4n) is 4.08. The van der Waals surface area contributed by atoms with Crippen molar-refractivity contribution in [2.24, 2.45) is 0 Å². The van der Waals surface area contributed by atoms with Crippen molar-refractivity contribution in [2.45, 2.75) is 38.1 Å². The third-order valence-corrected chi connectivity index (χ3v) is 7.64. The predicted molar refractivity (Wildman–Crippen MR) is 118 cm³/mol. The molecule has 1 aliphatic rings. The molecule has 3 aromatic rings. The normalized spacial score (nSPS) is 16.5. The van der Waals surface area contributed by atoms with Gasteiger partial charge in [-0.25, -0.2) is 18.1 Å². The van der Waals surface area contributed by atoms with Crippen LogP contribution in [0.25, 0.3) is 10.8 Å². The first-order chi connectivity index (χ1) is 14.8. The average Bonchev–Trinajstić information content (AvgIpc) is 3.11. The van der Waals surface area contributed by atoms with Crippen molar-refractivity contribution in [3.63, 3.8) is 0 Å². The monoisotopic (exact) mass is 441 g/mol. The van der Waals surface area contributed by atoms with Crippen molar-refractivity contribution in [1.82, 2.24) is 24.0 Å². The van der Waals surface area contributed by atoms with Crippen molar-refractivity contribution in [1.29, 1.82) is 0 Å². The largest absolute Gasteiger partial charge is 0.340 e. The lowest BCUT2D eigenvalue weighted by molar-refractivity contribution is -0.133. The zero-order valence-electron chi connectivity index (χ0n) is 18.0. The Morgan fingerprint density at radius 3 is 2.35 bits per heavy atom. The first-order valence-electron chi connectivity index (χ1n) is 10.4. The quantitative estimate of drug-likeness (QED) is 0.607. The molecule has 2 aromatic carbocycles. The van der Waals surface area contributed by atoms with Gasteiger partial charge in [-0.15, -0.1) is 0 Å². The standard InChI is InChI=1S/C22H27N5O3S/c1-16(27-18(3)23-17(2)24-27)14-22(28)25-10-12-26(13-11-25)31(29,30)21-9-8-19-6-4-5-7-20(19)15-21/h4-9,15-16H,10-14H2,1-3H3/t16-/m1/s1. The van der Waals surface area contributed by atoms with Crippen LogP contribution in [0.4, 0.5) is 0 Å². The molecule has 1 aromatic heterocycles. The smallest absolute Gasteiger partial charge is 0.243 e. The Balaban J connectivity index is 1.40. The van der Waals surface area contributed by atoms with Gasteiger partial charge in [0.1, 0.15) is 11.6 Å². The third kappa shape index (κ3) is 4.33. The number of nitrogens with zero attached hydrogens (tertiary/aromatic N) is 5. The lowest BCUT2D eigenvalue weighted by Crippen LogP contribution is -2.50. The number of hydrogen-bond donors (Lipinski definition) is 0. The highest BCUT2D eigenvalue weighted by Gasteiger charge is 2.31. The molecule has 1 amide bonds. The van der Waals surface area contributed by atoms with Gasteiger partial charge in [-0.2, -0.15) is 9.40 Å². The molecule has 9 heteroatoms. The molecule has 1 aliphatic heterocycles. The summed E-state index contributed by atoms with van der Waals surface area (Å²) in [4.78, 5) is 19.1. The minimum absolute atomic E-state index is 0.00260. The van der Waals surface area contributed by atoms with Gasteiger partial charge >= 0.3 is 0 Å². The first kappa shape index (κ1) is 21.5. The van der Waals surface area contributed by atoms with Gasteiger partial charge in [0, 0.05) is 32.6 Å². The molecular weight excluding hydrogens is 414 g/mol. The van der Waals surface area contributed by atoms with Crippen molar-refractivity contribution < 1.29 is 13.2 Å². The number of piperazine rings is 1. The molecular formula is C22H27N5O3S. The summed E-state index contributed by atoms with van der Waals surface area (Å²) < 4.78 is 29.5. The van der Waals surface area contributed by atoms with Gasteiger partial charge in [0.2, 0.25) is 15.9 Å². The molecule has 1 saturated heterocycles. The summed E-state index contributed by atoms with van der Waals surface area (Å²) in [6.45, 7) is 6.99. The highest BCUT2D eigenvalue weighted by molar-refractivity contribution is 7.89. The molecule has 0 radical (unpaired) electrons. The molecule has 0 saturated carbocycles. The summed E-state index contributed by atoms with van der Waals surface area (Å²) in [5.74, 6) is 1.47. The number of fused-ring (bicyclic) bond motifs is 1. The number of carbonyl (C=O) groups excluding carboxylic acids is 1. The third-order valence-electron chi connectivity index (χ3n) is 5.75. The summed E-state index contributed by atoms with van der Waals surface area (Å²) in [5, 5.41) is 6.25. The van der Waals surface area contributed by atoms with Crippen molar-refractivity contribution in [3.05, 3.63) is 54.1 Å². The molecule has 1 atom stereocenters. The van der Waals surface area contributed by atoms with Crippen LogP contribution in [0.2, 0.25) is 0 Å². The van der Waals surface area contributed by atoms with Crippen LogP contribution in [0.3, 0.4) is 0 Å². The van der Waals surface area contributed by atoms with Gasteiger partial charge in [-0.05, 0) is 43.7 Å². The fraction of sp³-hybridized carbons (Fsp3) is 0.409. The van der Waals surface area contributed by atoms with E-state index in [1.165, 1.54) is 4.31 Å². The summed E-state index contributed by atoms with van der Waals surface area (Å²) in [7, 11) is -3.60. The lowest BCUT2D eigenvalue weighted by atomic mass is 10.1. The zero-order chi connectivity index (χ0) is 22.2. The van der Waals surface area contributed by atoms with Gasteiger partial charge in [0.05, 0.1) is 10.9 Å². The van der Waals surface area contributed by atoms with Crippen LogP contribution in [0.1, 0.15) is 31.0 Å². The molecule has 2 heterocycles. The van der Waals surface area contributed by atoms with Crippen LogP contribution in [-0.4, -0.2) is 64.5 Å². The molecule has 0 unspecified atom stereocenters. The molecule has 0 aliphatic carbocycles. The van der Waals surface area contributed by atoms with E-state index in [1.807, 2.05) is 51.1 Å². The Morgan fingerprint density at radius 2 is 1.71 bits per heavy atom. The Labute approximate surface area is 182 Å². The van der Waals surface area contributed by atoms with Gasteiger partial charge in [0.15, 0.2) is 0 Å². The average molecular weight is 442 g/mol. The lowest BCUT2D eigenvalue weighted by Gasteiger charge is -2.34. The first-order valence-corrected chi connectivity index (χ1v) is 11.9. The minimum atomic E-state index is -3.60. The highest BCUT2D eigenvalue weighted by Crippen LogP contribution is 2.23. The van der Waals surface area contributed by atoms with E-state index in [9.17, 15) is 13.2 Å².